The number of rotatable bonds is 6. The average molecular weight is 362 g/mol. The van der Waals surface area contributed by atoms with Crippen LogP contribution in [0.15, 0.2) is 24.3 Å². The van der Waals surface area contributed by atoms with Crippen LogP contribution in [0, 0.1) is 17.8 Å². The first-order valence-electron chi connectivity index (χ1n) is 9.44. The lowest BCUT2D eigenvalue weighted by atomic mass is 9.64. The molecule has 1 aromatic rings. The van der Waals surface area contributed by atoms with Gasteiger partial charge >= 0.3 is 0 Å². The minimum atomic E-state index is -0.904. The van der Waals surface area contributed by atoms with E-state index in [9.17, 15) is 5.11 Å². The molecule has 1 spiro atoms. The molecule has 4 aliphatic carbocycles. The van der Waals surface area contributed by atoms with Crippen molar-refractivity contribution in [1.29, 1.82) is 0 Å². The van der Waals surface area contributed by atoms with E-state index in [0.717, 1.165) is 37.0 Å². The molecule has 0 aromatic heterocycles. The van der Waals surface area contributed by atoms with Crippen molar-refractivity contribution in [3.63, 3.8) is 0 Å². The highest BCUT2D eigenvalue weighted by atomic mass is 17.3. The van der Waals surface area contributed by atoms with Gasteiger partial charge in [0.25, 0.3) is 5.79 Å². The minimum absolute atomic E-state index is 0.0678. The Kier molecular flexibility index (Phi) is 3.69. The summed E-state index contributed by atoms with van der Waals surface area (Å²) in [7, 11) is 3.36. The Labute approximate surface area is 153 Å². The van der Waals surface area contributed by atoms with Crippen LogP contribution < -0.4 is 4.74 Å². The summed E-state index contributed by atoms with van der Waals surface area (Å²) in [5, 5.41) is 9.18. The first kappa shape index (κ1) is 17.0. The van der Waals surface area contributed by atoms with Gasteiger partial charge in [0.2, 0.25) is 0 Å². The number of hydrogen-bond donors (Lipinski definition) is 1. The summed E-state index contributed by atoms with van der Waals surface area (Å²) < 4.78 is 17.5. The largest absolute Gasteiger partial charge is 0.497 e. The van der Waals surface area contributed by atoms with Gasteiger partial charge in [0, 0.05) is 24.5 Å². The monoisotopic (exact) mass is 362 g/mol. The van der Waals surface area contributed by atoms with E-state index in [0.29, 0.717) is 24.4 Å². The minimum Gasteiger partial charge on any atom is -0.497 e. The molecule has 4 saturated carbocycles. The highest BCUT2D eigenvalue weighted by Crippen LogP contribution is 2.74. The molecule has 5 fully saturated rings. The summed E-state index contributed by atoms with van der Waals surface area (Å²) in [4.78, 5) is 11.7. The quantitative estimate of drug-likeness (QED) is 0.784. The molecule has 1 aliphatic heterocycles. The molecule has 0 radical (unpaired) electrons. The molecule has 1 N–H and O–H groups in total. The SMILES string of the molecule is COc1cccc(C2(OC)OOC23C2CC4CC(OCCO)(C2)CC43)c1. The zero-order valence-corrected chi connectivity index (χ0v) is 15.3. The Hall–Kier alpha value is -1.18. The van der Waals surface area contributed by atoms with Crippen molar-refractivity contribution in [2.75, 3.05) is 27.4 Å². The summed E-state index contributed by atoms with van der Waals surface area (Å²) in [6, 6.07) is 7.88. The van der Waals surface area contributed by atoms with Crippen LogP contribution in [0.2, 0.25) is 0 Å². The average Bonchev–Trinajstić information content (AvgIpc) is 3.04. The van der Waals surface area contributed by atoms with Gasteiger partial charge in [-0.15, -0.1) is 0 Å². The van der Waals surface area contributed by atoms with Crippen molar-refractivity contribution in [1.82, 2.24) is 0 Å². The molecule has 1 heterocycles. The molecule has 1 saturated heterocycles. The van der Waals surface area contributed by atoms with Crippen LogP contribution in [0.4, 0.5) is 0 Å². The van der Waals surface area contributed by atoms with E-state index in [1.807, 2.05) is 24.3 Å². The van der Waals surface area contributed by atoms with Crippen LogP contribution in [-0.2, 0) is 25.0 Å². The van der Waals surface area contributed by atoms with Gasteiger partial charge in [0.15, 0.2) is 5.60 Å². The van der Waals surface area contributed by atoms with E-state index < -0.39 is 11.4 Å². The molecule has 142 valence electrons. The second-order valence-corrected chi connectivity index (χ2v) is 8.18. The second-order valence-electron chi connectivity index (χ2n) is 8.18. The van der Waals surface area contributed by atoms with Gasteiger partial charge in [-0.2, -0.15) is 4.89 Å². The maximum absolute atomic E-state index is 9.18. The van der Waals surface area contributed by atoms with Gasteiger partial charge in [0.1, 0.15) is 5.75 Å². The molecule has 6 nitrogen and oxygen atoms in total. The summed E-state index contributed by atoms with van der Waals surface area (Å²) in [5.41, 5.74) is 0.354. The molecule has 6 atom stereocenters. The first-order valence-corrected chi connectivity index (χ1v) is 9.44. The van der Waals surface area contributed by atoms with Crippen LogP contribution >= 0.6 is 0 Å². The van der Waals surface area contributed by atoms with Crippen LogP contribution in [0.3, 0.4) is 0 Å². The summed E-state index contributed by atoms with van der Waals surface area (Å²) in [5.74, 6) is 1.08. The Morgan fingerprint density at radius 1 is 1.19 bits per heavy atom. The van der Waals surface area contributed by atoms with Gasteiger partial charge in [-0.25, -0.2) is 4.89 Å². The summed E-state index contributed by atoms with van der Waals surface area (Å²) >= 11 is 0. The first-order chi connectivity index (χ1) is 12.6. The normalized spacial score (nSPS) is 45.3. The van der Waals surface area contributed by atoms with E-state index in [2.05, 4.69) is 0 Å². The smallest absolute Gasteiger partial charge is 0.260 e. The standard InChI is InChI=1S/C20H26O6/c1-22-16-5-3-4-14(9-16)20(23-2)19(25-26-20)15-8-13-10-18(11-15,12-17(13)19)24-7-6-21/h3-5,9,13,15,17,21H,6-8,10-12H2,1-2H3. The molecule has 26 heavy (non-hydrogen) atoms. The lowest BCUT2D eigenvalue weighted by Crippen LogP contribution is -2.72. The van der Waals surface area contributed by atoms with Crippen LogP contribution in [0.25, 0.3) is 0 Å². The Morgan fingerprint density at radius 2 is 2.08 bits per heavy atom. The summed E-state index contributed by atoms with van der Waals surface area (Å²) in [6.45, 7) is 0.472. The van der Waals surface area contributed by atoms with E-state index in [-0.39, 0.29) is 12.2 Å². The van der Waals surface area contributed by atoms with E-state index in [4.69, 9.17) is 24.0 Å². The maximum Gasteiger partial charge on any atom is 0.260 e. The predicted molar refractivity (Wildman–Crippen MR) is 91.3 cm³/mol. The fraction of sp³-hybridized carbons (Fsp3) is 0.700. The lowest BCUT2D eigenvalue weighted by molar-refractivity contribution is -0.635. The zero-order chi connectivity index (χ0) is 18.0. The Morgan fingerprint density at radius 3 is 2.73 bits per heavy atom. The van der Waals surface area contributed by atoms with Crippen LogP contribution in [0.1, 0.15) is 31.2 Å². The van der Waals surface area contributed by atoms with Crippen molar-refractivity contribution in [2.45, 2.75) is 42.7 Å². The van der Waals surface area contributed by atoms with Crippen molar-refractivity contribution in [3.05, 3.63) is 29.8 Å². The van der Waals surface area contributed by atoms with Gasteiger partial charge < -0.3 is 19.3 Å². The van der Waals surface area contributed by atoms with Crippen LogP contribution in [0.5, 0.6) is 5.75 Å². The van der Waals surface area contributed by atoms with Crippen molar-refractivity contribution in [3.8, 4) is 5.75 Å². The molecular weight excluding hydrogens is 336 g/mol. The second kappa shape index (κ2) is 5.66. The molecule has 6 heteroatoms. The summed E-state index contributed by atoms with van der Waals surface area (Å²) in [6.07, 6.45) is 4.02. The fourth-order valence-electron chi connectivity index (χ4n) is 6.42. The number of ether oxygens (including phenoxy) is 3. The zero-order valence-electron chi connectivity index (χ0n) is 15.3. The molecule has 1 aromatic carbocycles. The molecule has 4 bridgehead atoms. The van der Waals surface area contributed by atoms with Crippen LogP contribution in [-0.4, -0.2) is 43.7 Å². The number of aliphatic hydroxyl groups is 1. The third-order valence-electron chi connectivity index (χ3n) is 7.21. The maximum atomic E-state index is 9.18. The van der Waals surface area contributed by atoms with Gasteiger partial charge in [-0.3, -0.25) is 0 Å². The molecule has 5 aliphatic rings. The number of benzene rings is 1. The van der Waals surface area contributed by atoms with Crippen molar-refractivity contribution >= 4 is 0 Å². The van der Waals surface area contributed by atoms with E-state index in [1.165, 1.54) is 0 Å². The van der Waals surface area contributed by atoms with Crippen molar-refractivity contribution < 1.29 is 29.1 Å². The van der Waals surface area contributed by atoms with Gasteiger partial charge in [0.05, 0.1) is 25.9 Å². The Balaban J connectivity index is 1.52. The highest BCUT2D eigenvalue weighted by molar-refractivity contribution is 5.37. The number of hydrogen-bond acceptors (Lipinski definition) is 6. The fourth-order valence-corrected chi connectivity index (χ4v) is 6.42. The number of methoxy groups -OCH3 is 2. The van der Waals surface area contributed by atoms with E-state index in [1.54, 1.807) is 14.2 Å². The Bertz CT molecular complexity index is 701. The van der Waals surface area contributed by atoms with Crippen molar-refractivity contribution in [2.24, 2.45) is 17.8 Å². The van der Waals surface area contributed by atoms with E-state index >= 15 is 0 Å². The highest BCUT2D eigenvalue weighted by Gasteiger charge is 2.82. The van der Waals surface area contributed by atoms with Gasteiger partial charge in [-0.1, -0.05) is 12.1 Å². The molecule has 6 unspecified atom stereocenters. The molecule has 0 amide bonds. The predicted octanol–water partition coefficient (Wildman–Crippen LogP) is 2.39. The third kappa shape index (κ3) is 1.89. The third-order valence-corrected chi connectivity index (χ3v) is 7.21. The lowest BCUT2D eigenvalue weighted by Gasteiger charge is -2.61. The topological polar surface area (TPSA) is 66.4 Å². The van der Waals surface area contributed by atoms with Gasteiger partial charge in [-0.05, 0) is 43.7 Å². The molecular formula is C20H26O6. The molecule has 6 rings (SSSR count). The number of aliphatic hydroxyl groups excluding tert-OH is 1.